The van der Waals surface area contributed by atoms with Crippen molar-refractivity contribution in [1.82, 2.24) is 15.0 Å². The van der Waals surface area contributed by atoms with Crippen molar-refractivity contribution < 1.29 is 4.74 Å². The molecule has 6 heteroatoms. The van der Waals surface area contributed by atoms with E-state index in [9.17, 15) is 4.79 Å². The molecule has 24 heavy (non-hydrogen) atoms. The molecule has 0 fully saturated rings. The molecule has 1 aromatic carbocycles. The van der Waals surface area contributed by atoms with E-state index in [-0.39, 0.29) is 5.56 Å². The zero-order valence-electron chi connectivity index (χ0n) is 13.8. The van der Waals surface area contributed by atoms with Gasteiger partial charge in [0.2, 0.25) is 5.56 Å². The SMILES string of the molecule is CCOCc1nc(C)cc(NCc2cc(=O)[nH]c3ccccc23)n1. The van der Waals surface area contributed by atoms with E-state index in [0.717, 1.165) is 28.0 Å². The summed E-state index contributed by atoms with van der Waals surface area (Å²) in [6, 6.07) is 11.3. The van der Waals surface area contributed by atoms with E-state index < -0.39 is 0 Å². The molecule has 2 N–H and O–H groups in total. The Labute approximate surface area is 139 Å². The van der Waals surface area contributed by atoms with Gasteiger partial charge in [0, 0.05) is 41.9 Å². The lowest BCUT2D eigenvalue weighted by atomic mass is 10.1. The molecule has 0 saturated carbocycles. The van der Waals surface area contributed by atoms with Gasteiger partial charge in [-0.1, -0.05) is 18.2 Å². The van der Waals surface area contributed by atoms with Crippen LogP contribution < -0.4 is 10.9 Å². The summed E-state index contributed by atoms with van der Waals surface area (Å²) in [6.45, 7) is 5.38. The average molecular weight is 324 g/mol. The Balaban J connectivity index is 1.83. The molecule has 0 saturated heterocycles. The molecule has 0 amide bonds. The van der Waals surface area contributed by atoms with Crippen LogP contribution in [0.1, 0.15) is 24.0 Å². The highest BCUT2D eigenvalue weighted by Gasteiger charge is 2.06. The van der Waals surface area contributed by atoms with Gasteiger partial charge in [0.05, 0.1) is 0 Å². The maximum absolute atomic E-state index is 11.8. The van der Waals surface area contributed by atoms with Crippen molar-refractivity contribution in [2.24, 2.45) is 0 Å². The predicted octanol–water partition coefficient (Wildman–Crippen LogP) is 2.78. The molecule has 3 rings (SSSR count). The Morgan fingerprint density at radius 3 is 2.88 bits per heavy atom. The van der Waals surface area contributed by atoms with Crippen molar-refractivity contribution in [3.63, 3.8) is 0 Å². The van der Waals surface area contributed by atoms with Gasteiger partial charge in [0.1, 0.15) is 12.4 Å². The van der Waals surface area contributed by atoms with Gasteiger partial charge >= 0.3 is 0 Å². The molecule has 0 radical (unpaired) electrons. The average Bonchev–Trinajstić information content (AvgIpc) is 2.57. The highest BCUT2D eigenvalue weighted by Crippen LogP contribution is 2.16. The van der Waals surface area contributed by atoms with Gasteiger partial charge in [-0.2, -0.15) is 0 Å². The molecular weight excluding hydrogens is 304 g/mol. The lowest BCUT2D eigenvalue weighted by Crippen LogP contribution is -2.11. The fourth-order valence-electron chi connectivity index (χ4n) is 2.59. The van der Waals surface area contributed by atoms with E-state index in [1.807, 2.05) is 44.2 Å². The minimum Gasteiger partial charge on any atom is -0.374 e. The zero-order chi connectivity index (χ0) is 16.9. The van der Waals surface area contributed by atoms with Gasteiger partial charge in [0.15, 0.2) is 5.82 Å². The van der Waals surface area contributed by atoms with Crippen molar-refractivity contribution >= 4 is 16.7 Å². The van der Waals surface area contributed by atoms with E-state index >= 15 is 0 Å². The van der Waals surface area contributed by atoms with Crippen molar-refractivity contribution in [3.05, 3.63) is 63.8 Å². The number of nitrogens with one attached hydrogen (secondary N) is 2. The molecule has 6 nitrogen and oxygen atoms in total. The molecule has 0 aliphatic carbocycles. The monoisotopic (exact) mass is 324 g/mol. The summed E-state index contributed by atoms with van der Waals surface area (Å²) in [5.41, 5.74) is 2.52. The zero-order valence-corrected chi connectivity index (χ0v) is 13.8. The number of H-pyrrole nitrogens is 1. The van der Waals surface area contributed by atoms with Gasteiger partial charge in [-0.15, -0.1) is 0 Å². The van der Waals surface area contributed by atoms with Crippen LogP contribution >= 0.6 is 0 Å². The summed E-state index contributed by atoms with van der Waals surface area (Å²) in [7, 11) is 0. The normalized spacial score (nSPS) is 10.9. The smallest absolute Gasteiger partial charge is 0.248 e. The quantitative estimate of drug-likeness (QED) is 0.729. The topological polar surface area (TPSA) is 79.9 Å². The third-order valence-corrected chi connectivity index (χ3v) is 3.63. The molecular formula is C18H20N4O2. The second-order valence-corrected chi connectivity index (χ2v) is 5.51. The van der Waals surface area contributed by atoms with E-state index in [2.05, 4.69) is 20.3 Å². The Hall–Kier alpha value is -2.73. The molecule has 0 spiro atoms. The summed E-state index contributed by atoms with van der Waals surface area (Å²) in [5, 5.41) is 4.30. The van der Waals surface area contributed by atoms with Gasteiger partial charge in [-0.05, 0) is 25.5 Å². The van der Waals surface area contributed by atoms with Gasteiger partial charge in [0.25, 0.3) is 0 Å². The van der Waals surface area contributed by atoms with Crippen LogP contribution in [0.15, 0.2) is 41.2 Å². The first kappa shape index (κ1) is 16.1. The first-order valence-corrected chi connectivity index (χ1v) is 7.93. The number of aromatic amines is 1. The number of fused-ring (bicyclic) bond motifs is 1. The Morgan fingerprint density at radius 2 is 2.04 bits per heavy atom. The number of anilines is 1. The van der Waals surface area contributed by atoms with E-state index in [1.54, 1.807) is 6.07 Å². The van der Waals surface area contributed by atoms with Crippen molar-refractivity contribution in [1.29, 1.82) is 0 Å². The summed E-state index contributed by atoms with van der Waals surface area (Å²) < 4.78 is 5.37. The van der Waals surface area contributed by atoms with Crippen LogP contribution in [0, 0.1) is 6.92 Å². The number of ether oxygens (including phenoxy) is 1. The molecule has 3 aromatic rings. The maximum atomic E-state index is 11.8. The largest absolute Gasteiger partial charge is 0.374 e. The first-order chi connectivity index (χ1) is 11.7. The van der Waals surface area contributed by atoms with E-state index in [0.29, 0.717) is 25.6 Å². The van der Waals surface area contributed by atoms with Crippen molar-refractivity contribution in [2.45, 2.75) is 27.0 Å². The molecule has 0 bridgehead atoms. The highest BCUT2D eigenvalue weighted by atomic mass is 16.5. The number of benzene rings is 1. The molecule has 2 heterocycles. The fraction of sp³-hybridized carbons (Fsp3) is 0.278. The number of nitrogens with zero attached hydrogens (tertiary/aromatic N) is 2. The summed E-state index contributed by atoms with van der Waals surface area (Å²) in [6.07, 6.45) is 0. The minimum atomic E-state index is -0.110. The molecule has 0 aliphatic heterocycles. The second kappa shape index (κ2) is 7.23. The van der Waals surface area contributed by atoms with Crippen LogP contribution in [0.4, 0.5) is 5.82 Å². The number of pyridine rings is 1. The molecule has 124 valence electrons. The number of aryl methyl sites for hydroxylation is 1. The first-order valence-electron chi connectivity index (χ1n) is 7.93. The standard InChI is InChI=1S/C18H20N4O2/c1-3-24-11-17-20-12(2)8-16(22-17)19-10-13-9-18(23)21-15-7-5-4-6-14(13)15/h4-9H,3,10-11H2,1-2H3,(H,21,23)(H,19,20,22). The van der Waals surface area contributed by atoms with Crippen LogP contribution in [0.2, 0.25) is 0 Å². The van der Waals surface area contributed by atoms with Gasteiger partial charge in [-0.25, -0.2) is 9.97 Å². The lowest BCUT2D eigenvalue weighted by Gasteiger charge is -2.10. The number of aromatic nitrogens is 3. The minimum absolute atomic E-state index is 0.110. The van der Waals surface area contributed by atoms with Gasteiger partial charge < -0.3 is 15.0 Å². The fourth-order valence-corrected chi connectivity index (χ4v) is 2.59. The summed E-state index contributed by atoms with van der Waals surface area (Å²) in [5.74, 6) is 1.37. The Morgan fingerprint density at radius 1 is 1.21 bits per heavy atom. The highest BCUT2D eigenvalue weighted by molar-refractivity contribution is 5.82. The van der Waals surface area contributed by atoms with E-state index in [1.165, 1.54) is 0 Å². The number of rotatable bonds is 6. The predicted molar refractivity (Wildman–Crippen MR) is 94.0 cm³/mol. The van der Waals surface area contributed by atoms with Crippen LogP contribution in [0.5, 0.6) is 0 Å². The van der Waals surface area contributed by atoms with E-state index in [4.69, 9.17) is 4.74 Å². The number of para-hydroxylation sites is 1. The van der Waals surface area contributed by atoms with Crippen LogP contribution in [0.25, 0.3) is 10.9 Å². The number of hydrogen-bond acceptors (Lipinski definition) is 5. The van der Waals surface area contributed by atoms with Crippen LogP contribution in [0.3, 0.4) is 0 Å². The Kier molecular flexibility index (Phi) is 4.86. The van der Waals surface area contributed by atoms with Gasteiger partial charge in [-0.3, -0.25) is 4.79 Å². The molecule has 0 unspecified atom stereocenters. The van der Waals surface area contributed by atoms with Crippen molar-refractivity contribution in [2.75, 3.05) is 11.9 Å². The number of hydrogen-bond donors (Lipinski definition) is 2. The third kappa shape index (κ3) is 3.78. The second-order valence-electron chi connectivity index (χ2n) is 5.51. The van der Waals surface area contributed by atoms with Crippen LogP contribution in [-0.2, 0) is 17.9 Å². The summed E-state index contributed by atoms with van der Waals surface area (Å²) in [4.78, 5) is 23.5. The van der Waals surface area contributed by atoms with Crippen molar-refractivity contribution in [3.8, 4) is 0 Å². The molecule has 2 aromatic heterocycles. The lowest BCUT2D eigenvalue weighted by molar-refractivity contribution is 0.128. The third-order valence-electron chi connectivity index (χ3n) is 3.63. The van der Waals surface area contributed by atoms with Crippen LogP contribution in [-0.4, -0.2) is 21.6 Å². The maximum Gasteiger partial charge on any atom is 0.248 e. The Bertz CT molecular complexity index is 905. The molecule has 0 aliphatic rings. The molecule has 0 atom stereocenters. The summed E-state index contributed by atoms with van der Waals surface area (Å²) >= 11 is 0.